The van der Waals surface area contributed by atoms with E-state index in [0.717, 1.165) is 19.4 Å². The Hall–Kier alpha value is -1.03. The van der Waals surface area contributed by atoms with Gasteiger partial charge in [-0.3, -0.25) is 0 Å². The van der Waals surface area contributed by atoms with Crippen LogP contribution in [-0.2, 0) is 9.47 Å². The summed E-state index contributed by atoms with van der Waals surface area (Å²) in [5, 5.41) is 0. The monoisotopic (exact) mass is 269 g/mol. The van der Waals surface area contributed by atoms with Gasteiger partial charge in [0, 0.05) is 19.6 Å². The van der Waals surface area contributed by atoms with Crippen LogP contribution in [0.25, 0.3) is 0 Å². The topological polar surface area (TPSA) is 38.8 Å². The Bertz CT molecular complexity index is 322. The van der Waals surface area contributed by atoms with Crippen LogP contribution in [0.1, 0.15) is 40.5 Å². The minimum atomic E-state index is -0.461. The molecule has 1 amide bonds. The summed E-state index contributed by atoms with van der Waals surface area (Å²) in [5.41, 5.74) is -0.461. The number of hydrogen-bond acceptors (Lipinski definition) is 3. The molecule has 0 aromatic heterocycles. The van der Waals surface area contributed by atoms with Gasteiger partial charge in [0.25, 0.3) is 0 Å². The van der Waals surface area contributed by atoms with Gasteiger partial charge in [0.1, 0.15) is 5.60 Å². The highest BCUT2D eigenvalue weighted by atomic mass is 16.6. The van der Waals surface area contributed by atoms with Gasteiger partial charge in [-0.1, -0.05) is 13.0 Å². The van der Waals surface area contributed by atoms with Gasteiger partial charge < -0.3 is 14.4 Å². The molecule has 0 aromatic carbocycles. The first-order valence-electron chi connectivity index (χ1n) is 6.95. The van der Waals surface area contributed by atoms with Crippen LogP contribution in [-0.4, -0.2) is 42.4 Å². The SMILES string of the molecule is C=C[C@H](C)[C@@H](OC)[C@@H]1CCCN1C(=O)OC(C)(C)C. The van der Waals surface area contributed by atoms with Crippen molar-refractivity contribution in [3.63, 3.8) is 0 Å². The van der Waals surface area contributed by atoms with Crippen molar-refractivity contribution in [3.05, 3.63) is 12.7 Å². The summed E-state index contributed by atoms with van der Waals surface area (Å²) in [6, 6.07) is 0.0767. The lowest BCUT2D eigenvalue weighted by Gasteiger charge is -2.34. The predicted octanol–water partition coefficient (Wildman–Crippen LogP) is 3.22. The van der Waals surface area contributed by atoms with Gasteiger partial charge >= 0.3 is 6.09 Å². The first-order chi connectivity index (χ1) is 8.80. The van der Waals surface area contributed by atoms with E-state index < -0.39 is 5.60 Å². The summed E-state index contributed by atoms with van der Waals surface area (Å²) in [6.45, 7) is 12.3. The number of nitrogens with zero attached hydrogens (tertiary/aromatic N) is 1. The van der Waals surface area contributed by atoms with E-state index in [1.807, 2.05) is 26.8 Å². The van der Waals surface area contributed by atoms with Crippen LogP contribution in [0.4, 0.5) is 4.79 Å². The van der Waals surface area contributed by atoms with Gasteiger partial charge in [0.05, 0.1) is 12.1 Å². The molecule has 4 heteroatoms. The Kier molecular flexibility index (Phi) is 5.41. The molecule has 0 unspecified atom stereocenters. The highest BCUT2D eigenvalue weighted by Crippen LogP contribution is 2.28. The predicted molar refractivity (Wildman–Crippen MR) is 76.1 cm³/mol. The highest BCUT2D eigenvalue weighted by molar-refractivity contribution is 5.69. The van der Waals surface area contributed by atoms with Gasteiger partial charge in [-0.15, -0.1) is 6.58 Å². The Morgan fingerprint density at radius 3 is 2.58 bits per heavy atom. The van der Waals surface area contributed by atoms with Crippen molar-refractivity contribution in [2.45, 2.75) is 58.3 Å². The zero-order chi connectivity index (χ0) is 14.6. The van der Waals surface area contributed by atoms with Crippen LogP contribution in [0.5, 0.6) is 0 Å². The summed E-state index contributed by atoms with van der Waals surface area (Å²) in [5.74, 6) is 0.207. The maximum Gasteiger partial charge on any atom is 0.410 e. The summed E-state index contributed by atoms with van der Waals surface area (Å²) in [4.78, 5) is 14.0. The Morgan fingerprint density at radius 2 is 2.11 bits per heavy atom. The Morgan fingerprint density at radius 1 is 1.47 bits per heavy atom. The van der Waals surface area contributed by atoms with E-state index in [1.165, 1.54) is 0 Å². The quantitative estimate of drug-likeness (QED) is 0.736. The number of rotatable bonds is 4. The molecule has 1 fully saturated rings. The molecule has 0 radical (unpaired) electrons. The largest absolute Gasteiger partial charge is 0.444 e. The van der Waals surface area contributed by atoms with Gasteiger partial charge in [-0.2, -0.15) is 0 Å². The van der Waals surface area contributed by atoms with Crippen LogP contribution in [0, 0.1) is 5.92 Å². The van der Waals surface area contributed by atoms with Crippen molar-refractivity contribution >= 4 is 6.09 Å². The molecule has 0 N–H and O–H groups in total. The van der Waals surface area contributed by atoms with Crippen LogP contribution in [0.2, 0.25) is 0 Å². The summed E-state index contributed by atoms with van der Waals surface area (Å²) in [7, 11) is 1.69. The van der Waals surface area contributed by atoms with E-state index in [2.05, 4.69) is 13.5 Å². The molecule has 0 saturated carbocycles. The van der Waals surface area contributed by atoms with Crippen LogP contribution in [0.15, 0.2) is 12.7 Å². The molecule has 1 saturated heterocycles. The molecule has 1 aliphatic rings. The fourth-order valence-corrected chi connectivity index (χ4v) is 2.54. The smallest absolute Gasteiger partial charge is 0.410 e. The van der Waals surface area contributed by atoms with E-state index in [1.54, 1.807) is 12.0 Å². The van der Waals surface area contributed by atoms with Crippen molar-refractivity contribution in [3.8, 4) is 0 Å². The van der Waals surface area contributed by atoms with E-state index in [0.29, 0.717) is 0 Å². The summed E-state index contributed by atoms with van der Waals surface area (Å²) < 4.78 is 11.0. The van der Waals surface area contributed by atoms with Gasteiger partial charge in [0.15, 0.2) is 0 Å². The van der Waals surface area contributed by atoms with Crippen LogP contribution >= 0.6 is 0 Å². The van der Waals surface area contributed by atoms with Crippen molar-refractivity contribution in [1.29, 1.82) is 0 Å². The van der Waals surface area contributed by atoms with Gasteiger partial charge in [-0.25, -0.2) is 4.79 Å². The molecule has 19 heavy (non-hydrogen) atoms. The molecule has 0 spiro atoms. The highest BCUT2D eigenvalue weighted by Gasteiger charge is 2.38. The molecular weight excluding hydrogens is 242 g/mol. The third-order valence-corrected chi connectivity index (χ3v) is 3.47. The number of hydrogen-bond donors (Lipinski definition) is 0. The fraction of sp³-hybridized carbons (Fsp3) is 0.800. The molecule has 0 aromatic rings. The zero-order valence-corrected chi connectivity index (χ0v) is 12.8. The Balaban J connectivity index is 2.77. The summed E-state index contributed by atoms with van der Waals surface area (Å²) in [6.07, 6.45) is 3.56. The van der Waals surface area contributed by atoms with E-state index in [4.69, 9.17) is 9.47 Å². The third-order valence-electron chi connectivity index (χ3n) is 3.47. The second-order valence-electron chi connectivity index (χ2n) is 6.18. The summed E-state index contributed by atoms with van der Waals surface area (Å²) >= 11 is 0. The molecule has 4 nitrogen and oxygen atoms in total. The van der Waals surface area contributed by atoms with Crippen LogP contribution < -0.4 is 0 Å². The maximum atomic E-state index is 12.2. The fourth-order valence-electron chi connectivity index (χ4n) is 2.54. The minimum absolute atomic E-state index is 0.0208. The van der Waals surface area contributed by atoms with E-state index >= 15 is 0 Å². The molecule has 1 rings (SSSR count). The second-order valence-corrected chi connectivity index (χ2v) is 6.18. The lowest BCUT2D eigenvalue weighted by atomic mass is 9.96. The van der Waals surface area contributed by atoms with Crippen molar-refractivity contribution in [2.75, 3.05) is 13.7 Å². The average molecular weight is 269 g/mol. The Labute approximate surface area is 116 Å². The van der Waals surface area contributed by atoms with Crippen LogP contribution in [0.3, 0.4) is 0 Å². The first-order valence-corrected chi connectivity index (χ1v) is 6.95. The van der Waals surface area contributed by atoms with Crippen molar-refractivity contribution in [2.24, 2.45) is 5.92 Å². The lowest BCUT2D eigenvalue weighted by Crippen LogP contribution is -2.47. The molecular formula is C15H27NO3. The average Bonchev–Trinajstić information content (AvgIpc) is 2.76. The number of carbonyl (C=O) groups is 1. The molecule has 3 atom stereocenters. The van der Waals surface area contributed by atoms with E-state index in [-0.39, 0.29) is 24.2 Å². The standard InChI is InChI=1S/C15H27NO3/c1-7-11(2)13(18-6)12-9-8-10-16(12)14(17)19-15(3,4)5/h7,11-13H,1,8-10H2,2-6H3/t11-,12-,13+/m0/s1. The molecule has 0 bridgehead atoms. The van der Waals surface area contributed by atoms with Gasteiger partial charge in [0.2, 0.25) is 0 Å². The second kappa shape index (κ2) is 6.42. The number of carbonyl (C=O) groups excluding carboxylic acids is 1. The first kappa shape index (κ1) is 16.0. The lowest BCUT2D eigenvalue weighted by molar-refractivity contribution is -0.0153. The number of amides is 1. The third kappa shape index (κ3) is 4.23. The molecule has 110 valence electrons. The molecule has 1 heterocycles. The maximum absolute atomic E-state index is 12.2. The van der Waals surface area contributed by atoms with Crippen molar-refractivity contribution in [1.82, 2.24) is 4.90 Å². The number of likely N-dealkylation sites (tertiary alicyclic amines) is 1. The van der Waals surface area contributed by atoms with E-state index in [9.17, 15) is 4.79 Å². The zero-order valence-electron chi connectivity index (χ0n) is 12.8. The van der Waals surface area contributed by atoms with Crippen molar-refractivity contribution < 1.29 is 14.3 Å². The van der Waals surface area contributed by atoms with Gasteiger partial charge in [-0.05, 0) is 33.6 Å². The molecule has 0 aliphatic carbocycles. The molecule has 1 aliphatic heterocycles. The normalized spacial score (nSPS) is 23.0. The number of ether oxygens (including phenoxy) is 2. The number of methoxy groups -OCH3 is 1. The minimum Gasteiger partial charge on any atom is -0.444 e.